The number of hydrogen-bond donors (Lipinski definition) is 0. The molecular weight excluding hydrogens is 614 g/mol. The molecule has 1 aromatic heterocycles. The van der Waals surface area contributed by atoms with E-state index in [0.29, 0.717) is 12.4 Å². The number of rotatable bonds is 8. The smallest absolute Gasteiger partial charge is 0.489 e. The van der Waals surface area contributed by atoms with Crippen molar-refractivity contribution >= 4 is 46.9 Å². The maximum atomic E-state index is 13.4. The summed E-state index contributed by atoms with van der Waals surface area (Å²) in [5, 5.41) is 1.000. The molecule has 11 heteroatoms. The number of carbonyl (C=O) groups is 1. The summed E-state index contributed by atoms with van der Waals surface area (Å²) < 4.78 is 44.2. The predicted octanol–water partition coefficient (Wildman–Crippen LogP) is 7.19. The van der Waals surface area contributed by atoms with Gasteiger partial charge in [0.2, 0.25) is 0 Å². The minimum absolute atomic E-state index is 0.0290. The molecule has 0 radical (unpaired) electrons. The van der Waals surface area contributed by atoms with Crippen LogP contribution >= 0.6 is 15.9 Å². The van der Waals surface area contributed by atoms with Crippen molar-refractivity contribution in [1.29, 1.82) is 0 Å². The van der Waals surface area contributed by atoms with E-state index in [-0.39, 0.29) is 6.42 Å². The van der Waals surface area contributed by atoms with Gasteiger partial charge >= 0.3 is 20.0 Å². The molecule has 0 bridgehead atoms. The normalized spacial score (nSPS) is 22.8. The van der Waals surface area contributed by atoms with Crippen molar-refractivity contribution in [1.82, 2.24) is 0 Å². The molecule has 2 saturated heterocycles. The summed E-state index contributed by atoms with van der Waals surface area (Å²) in [6.07, 6.45) is 0.0290. The Morgan fingerprint density at radius 1 is 0.884 bits per heavy atom. The maximum Gasteiger partial charge on any atom is 0.489 e. The minimum atomic E-state index is -1.06. The number of ether oxygens (including phenoxy) is 2. The Morgan fingerprint density at radius 3 is 2.16 bits per heavy atom. The molecule has 230 valence electrons. The topological polar surface area (TPSA) is 85.6 Å². The summed E-state index contributed by atoms with van der Waals surface area (Å²) in [6, 6.07) is 13.5. The Morgan fingerprint density at radius 2 is 1.49 bits per heavy atom. The lowest BCUT2D eigenvalue weighted by molar-refractivity contribution is -0.191. The Hall–Kier alpha value is -2.30. The Labute approximate surface area is 263 Å². The molecule has 2 aliphatic rings. The third-order valence-electron chi connectivity index (χ3n) is 9.38. The molecule has 0 amide bonds. The summed E-state index contributed by atoms with van der Waals surface area (Å²) in [4.78, 5) is 13.4. The maximum absolute atomic E-state index is 13.4. The lowest BCUT2D eigenvalue weighted by Gasteiger charge is -2.47. The molecule has 2 aliphatic heterocycles. The SMILES string of the molecule is Cc1cc2cc(COc3ccccc3CC(=O)OC(C)(C)C3(C)OB(B4OC(C)(C)C(C)(C)O4)OC3(C)C)cc(Br)c2o1. The monoisotopic (exact) mass is 654 g/mol. The quantitative estimate of drug-likeness (QED) is 0.186. The molecule has 2 fully saturated rings. The van der Waals surface area contributed by atoms with Crippen LogP contribution in [-0.2, 0) is 41.2 Å². The van der Waals surface area contributed by atoms with Gasteiger partial charge in [-0.2, -0.15) is 0 Å². The molecule has 1 unspecified atom stereocenters. The molecular formula is C32H41B2BrO8. The van der Waals surface area contributed by atoms with Crippen LogP contribution in [0, 0.1) is 6.92 Å². The van der Waals surface area contributed by atoms with Gasteiger partial charge in [-0.25, -0.2) is 0 Å². The van der Waals surface area contributed by atoms with Gasteiger partial charge in [0.25, 0.3) is 0 Å². The summed E-state index contributed by atoms with van der Waals surface area (Å²) in [5.41, 5.74) is -1.46. The molecule has 5 rings (SSSR count). The van der Waals surface area contributed by atoms with Crippen molar-refractivity contribution < 1.29 is 37.3 Å². The standard InChI is InChI=1S/C32H41B2BrO8/c1-20-15-23-16-21(17-24(35)27(23)38-20)19-37-25-14-12-11-13-22(25)18-26(36)39-30(6,7)32(10)31(8,9)42-34(43-32)33-40-28(2,3)29(4,5)41-33/h11-17H,18-19H2,1-10H3. The average molecular weight is 655 g/mol. The molecule has 43 heavy (non-hydrogen) atoms. The van der Waals surface area contributed by atoms with Crippen LogP contribution in [-0.4, -0.2) is 48.0 Å². The summed E-state index contributed by atoms with van der Waals surface area (Å²) in [6.45, 7) is 19.6. The van der Waals surface area contributed by atoms with E-state index in [1.165, 1.54) is 0 Å². The lowest BCUT2D eigenvalue weighted by Crippen LogP contribution is -2.61. The van der Waals surface area contributed by atoms with Crippen LogP contribution in [0.25, 0.3) is 11.0 Å². The largest absolute Gasteiger partial charge is 0.489 e. The number of benzene rings is 2. The fourth-order valence-corrected chi connectivity index (χ4v) is 6.29. The zero-order chi connectivity index (χ0) is 31.6. The first-order valence-electron chi connectivity index (χ1n) is 14.7. The molecule has 0 spiro atoms. The average Bonchev–Trinajstić information content (AvgIpc) is 3.46. The van der Waals surface area contributed by atoms with Crippen molar-refractivity contribution in [2.24, 2.45) is 0 Å². The van der Waals surface area contributed by atoms with E-state index in [1.54, 1.807) is 0 Å². The van der Waals surface area contributed by atoms with Gasteiger partial charge in [-0.3, -0.25) is 4.79 Å². The van der Waals surface area contributed by atoms with Crippen molar-refractivity contribution in [3.8, 4) is 5.75 Å². The van der Waals surface area contributed by atoms with Crippen LogP contribution in [0.1, 0.15) is 79.2 Å². The molecule has 3 heterocycles. The van der Waals surface area contributed by atoms with Gasteiger partial charge in [0.1, 0.15) is 34.9 Å². The highest BCUT2D eigenvalue weighted by Gasteiger charge is 2.69. The van der Waals surface area contributed by atoms with Crippen LogP contribution in [0.2, 0.25) is 0 Å². The molecule has 8 nitrogen and oxygen atoms in total. The molecule has 0 N–H and O–H groups in total. The zero-order valence-corrected chi connectivity index (χ0v) is 28.3. The number of hydrogen-bond acceptors (Lipinski definition) is 8. The Balaban J connectivity index is 1.27. The fourth-order valence-electron chi connectivity index (χ4n) is 5.68. The number of aryl methyl sites for hydroxylation is 1. The van der Waals surface area contributed by atoms with Gasteiger partial charge in [0, 0.05) is 10.9 Å². The third-order valence-corrected chi connectivity index (χ3v) is 9.97. The Bertz CT molecular complexity index is 1510. The highest BCUT2D eigenvalue weighted by Crippen LogP contribution is 2.48. The first-order chi connectivity index (χ1) is 19.8. The van der Waals surface area contributed by atoms with E-state index >= 15 is 0 Å². The van der Waals surface area contributed by atoms with Crippen molar-refractivity contribution in [3.05, 3.63) is 63.8 Å². The summed E-state index contributed by atoms with van der Waals surface area (Å²) >= 11 is 3.59. The van der Waals surface area contributed by atoms with Crippen molar-refractivity contribution in [2.75, 3.05) is 0 Å². The second-order valence-electron chi connectivity index (χ2n) is 13.7. The summed E-state index contributed by atoms with van der Waals surface area (Å²) in [5.74, 6) is 1.06. The summed E-state index contributed by atoms with van der Waals surface area (Å²) in [7, 11) is -1.51. The molecule has 2 aromatic carbocycles. The number of carbonyl (C=O) groups excluding carboxylic acids is 1. The fraction of sp³-hybridized carbons (Fsp3) is 0.531. The zero-order valence-electron chi connectivity index (χ0n) is 26.8. The number of furan rings is 1. The van der Waals surface area contributed by atoms with E-state index in [9.17, 15) is 4.79 Å². The van der Waals surface area contributed by atoms with E-state index in [1.807, 2.05) is 112 Å². The van der Waals surface area contributed by atoms with Gasteiger partial charge < -0.3 is 32.5 Å². The van der Waals surface area contributed by atoms with Gasteiger partial charge in [0.15, 0.2) is 0 Å². The highest BCUT2D eigenvalue weighted by atomic mass is 79.9. The van der Waals surface area contributed by atoms with Crippen molar-refractivity contribution in [2.45, 2.75) is 110 Å². The van der Waals surface area contributed by atoms with Gasteiger partial charge in [-0.15, -0.1) is 0 Å². The highest BCUT2D eigenvalue weighted by molar-refractivity contribution is 9.10. The molecule has 1 atom stereocenters. The number of esters is 1. The number of para-hydroxylation sites is 1. The minimum Gasteiger partial charge on any atom is -0.489 e. The van der Waals surface area contributed by atoms with Crippen LogP contribution in [0.4, 0.5) is 0 Å². The second-order valence-corrected chi connectivity index (χ2v) is 14.5. The van der Waals surface area contributed by atoms with Gasteiger partial charge in [-0.05, 0) is 115 Å². The Kier molecular flexibility index (Phi) is 8.17. The van der Waals surface area contributed by atoms with Crippen LogP contribution in [0.5, 0.6) is 5.75 Å². The van der Waals surface area contributed by atoms with E-state index < -0.39 is 48.0 Å². The third kappa shape index (κ3) is 5.91. The van der Waals surface area contributed by atoms with E-state index in [4.69, 9.17) is 32.5 Å². The first kappa shape index (κ1) is 32.1. The second kappa shape index (κ2) is 10.9. The molecule has 0 saturated carbocycles. The number of fused-ring (bicyclic) bond motifs is 1. The van der Waals surface area contributed by atoms with Crippen molar-refractivity contribution in [3.63, 3.8) is 0 Å². The van der Waals surface area contributed by atoms with Gasteiger partial charge in [0.05, 0.1) is 27.7 Å². The van der Waals surface area contributed by atoms with E-state index in [0.717, 1.165) is 32.3 Å². The number of halogens is 1. The van der Waals surface area contributed by atoms with Gasteiger partial charge in [-0.1, -0.05) is 18.2 Å². The molecule has 0 aliphatic carbocycles. The van der Waals surface area contributed by atoms with Crippen LogP contribution in [0.3, 0.4) is 0 Å². The molecule has 3 aromatic rings. The van der Waals surface area contributed by atoms with Crippen LogP contribution in [0.15, 0.2) is 51.4 Å². The first-order valence-corrected chi connectivity index (χ1v) is 15.5. The van der Waals surface area contributed by atoms with Crippen LogP contribution < -0.4 is 4.74 Å². The predicted molar refractivity (Wildman–Crippen MR) is 170 cm³/mol. The lowest BCUT2D eigenvalue weighted by atomic mass is 9.49. The van der Waals surface area contributed by atoms with E-state index in [2.05, 4.69) is 15.9 Å².